The van der Waals surface area contributed by atoms with Gasteiger partial charge in [-0.1, -0.05) is 12.1 Å². The molecule has 1 aliphatic carbocycles. The first kappa shape index (κ1) is 14.6. The molecule has 0 radical (unpaired) electrons. The molecule has 1 unspecified atom stereocenters. The van der Waals surface area contributed by atoms with E-state index in [0.717, 1.165) is 17.1 Å². The molecule has 1 N–H and O–H groups in total. The van der Waals surface area contributed by atoms with E-state index in [1.165, 1.54) is 12.8 Å². The lowest BCUT2D eigenvalue weighted by atomic mass is 10.1. The van der Waals surface area contributed by atoms with Crippen molar-refractivity contribution in [3.63, 3.8) is 0 Å². The molecule has 1 aromatic heterocycles. The van der Waals surface area contributed by atoms with Gasteiger partial charge >= 0.3 is 0 Å². The zero-order valence-electron chi connectivity index (χ0n) is 13.0. The fraction of sp³-hybridized carbons (Fsp3) is 0.412. The number of carbonyl (C=O) groups is 1. The number of aromatic nitrogens is 2. The van der Waals surface area contributed by atoms with E-state index in [-0.39, 0.29) is 5.91 Å². The molecule has 0 aliphatic heterocycles. The van der Waals surface area contributed by atoms with E-state index < -0.39 is 0 Å². The topological polar surface area (TPSA) is 56.1 Å². The molecule has 22 heavy (non-hydrogen) atoms. The number of nitrogens with one attached hydrogen (secondary N) is 1. The average molecular weight is 299 g/mol. The van der Waals surface area contributed by atoms with Crippen LogP contribution in [-0.4, -0.2) is 22.8 Å². The summed E-state index contributed by atoms with van der Waals surface area (Å²) in [7, 11) is 1.63. The molecular weight excluding hydrogens is 278 g/mol. The Labute approximate surface area is 130 Å². The first-order valence-corrected chi connectivity index (χ1v) is 7.63. The molecule has 1 atom stereocenters. The summed E-state index contributed by atoms with van der Waals surface area (Å²) in [6.07, 6.45) is 4.58. The van der Waals surface area contributed by atoms with E-state index in [1.54, 1.807) is 13.3 Å². The number of ether oxygens (including phenoxy) is 1. The van der Waals surface area contributed by atoms with Crippen LogP contribution in [0.1, 0.15) is 31.4 Å². The van der Waals surface area contributed by atoms with Gasteiger partial charge in [0.15, 0.2) is 0 Å². The van der Waals surface area contributed by atoms with E-state index in [1.807, 2.05) is 35.0 Å². The van der Waals surface area contributed by atoms with Crippen molar-refractivity contribution >= 4 is 11.7 Å². The maximum absolute atomic E-state index is 12.2. The Hall–Kier alpha value is -2.30. The van der Waals surface area contributed by atoms with Gasteiger partial charge in [0.05, 0.1) is 25.8 Å². The second-order valence-electron chi connectivity index (χ2n) is 5.81. The lowest BCUT2D eigenvalue weighted by Gasteiger charge is -2.15. The van der Waals surface area contributed by atoms with Crippen LogP contribution in [0.15, 0.2) is 36.5 Å². The molecule has 1 amide bonds. The van der Waals surface area contributed by atoms with Crippen LogP contribution in [0.2, 0.25) is 0 Å². The number of nitrogens with zero attached hydrogens (tertiary/aromatic N) is 2. The summed E-state index contributed by atoms with van der Waals surface area (Å²) in [5.74, 6) is 2.23. The fourth-order valence-electron chi connectivity index (χ4n) is 2.63. The molecule has 1 saturated carbocycles. The van der Waals surface area contributed by atoms with Gasteiger partial charge in [-0.15, -0.1) is 0 Å². The summed E-state index contributed by atoms with van der Waals surface area (Å²) < 4.78 is 7.04. The van der Waals surface area contributed by atoms with Gasteiger partial charge in [-0.2, -0.15) is 5.10 Å². The highest BCUT2D eigenvalue weighted by atomic mass is 16.5. The molecule has 116 valence electrons. The average Bonchev–Trinajstić information content (AvgIpc) is 3.28. The van der Waals surface area contributed by atoms with E-state index in [9.17, 15) is 4.79 Å². The molecule has 1 aromatic carbocycles. The van der Waals surface area contributed by atoms with Gasteiger partial charge in [0, 0.05) is 6.07 Å². The SMILES string of the molecule is COc1ccc(CC(=O)Nc2ccnn2C(C)C2CC2)cc1. The zero-order valence-corrected chi connectivity index (χ0v) is 13.0. The summed E-state index contributed by atoms with van der Waals surface area (Å²) in [4.78, 5) is 12.2. The number of hydrogen-bond donors (Lipinski definition) is 1. The highest BCUT2D eigenvalue weighted by Crippen LogP contribution is 2.40. The highest BCUT2D eigenvalue weighted by Gasteiger charge is 2.30. The number of carbonyl (C=O) groups excluding carboxylic acids is 1. The van der Waals surface area contributed by atoms with Crippen LogP contribution < -0.4 is 10.1 Å². The van der Waals surface area contributed by atoms with Crippen molar-refractivity contribution < 1.29 is 9.53 Å². The maximum Gasteiger partial charge on any atom is 0.229 e. The van der Waals surface area contributed by atoms with Crippen molar-refractivity contribution in [3.8, 4) is 5.75 Å². The van der Waals surface area contributed by atoms with Crippen molar-refractivity contribution in [2.45, 2.75) is 32.2 Å². The van der Waals surface area contributed by atoms with Crippen molar-refractivity contribution in [2.24, 2.45) is 5.92 Å². The van der Waals surface area contributed by atoms with Crippen molar-refractivity contribution in [1.29, 1.82) is 0 Å². The Balaban J connectivity index is 1.62. The molecule has 0 bridgehead atoms. The molecule has 1 fully saturated rings. The largest absolute Gasteiger partial charge is 0.497 e. The molecule has 1 aliphatic rings. The van der Waals surface area contributed by atoms with E-state index in [2.05, 4.69) is 17.3 Å². The minimum absolute atomic E-state index is 0.0325. The number of anilines is 1. The van der Waals surface area contributed by atoms with Crippen molar-refractivity contribution in [3.05, 3.63) is 42.1 Å². The Morgan fingerprint density at radius 3 is 2.73 bits per heavy atom. The third-order valence-electron chi connectivity index (χ3n) is 4.15. The molecule has 5 nitrogen and oxygen atoms in total. The predicted octanol–water partition coefficient (Wildman–Crippen LogP) is 3.04. The molecule has 0 spiro atoms. The van der Waals surface area contributed by atoms with Gasteiger partial charge in [-0.05, 0) is 43.4 Å². The maximum atomic E-state index is 12.2. The molecule has 2 aromatic rings. The van der Waals surface area contributed by atoms with Gasteiger partial charge in [0.2, 0.25) is 5.91 Å². The van der Waals surface area contributed by atoms with Crippen LogP contribution in [0.3, 0.4) is 0 Å². The minimum Gasteiger partial charge on any atom is -0.497 e. The quantitative estimate of drug-likeness (QED) is 0.892. The number of methoxy groups -OCH3 is 1. The molecule has 3 rings (SSSR count). The minimum atomic E-state index is -0.0325. The summed E-state index contributed by atoms with van der Waals surface area (Å²) >= 11 is 0. The fourth-order valence-corrected chi connectivity index (χ4v) is 2.63. The van der Waals surface area contributed by atoms with Crippen LogP contribution >= 0.6 is 0 Å². The second-order valence-corrected chi connectivity index (χ2v) is 5.81. The molecule has 0 saturated heterocycles. The normalized spacial score (nSPS) is 15.4. The third-order valence-corrected chi connectivity index (χ3v) is 4.15. The smallest absolute Gasteiger partial charge is 0.229 e. The van der Waals surface area contributed by atoms with Crippen LogP contribution in [0, 0.1) is 5.92 Å². The summed E-state index contributed by atoms with van der Waals surface area (Å²) in [5, 5.41) is 7.31. The van der Waals surface area contributed by atoms with Gasteiger partial charge in [-0.25, -0.2) is 4.68 Å². The highest BCUT2D eigenvalue weighted by molar-refractivity contribution is 5.91. The zero-order chi connectivity index (χ0) is 15.5. The van der Waals surface area contributed by atoms with E-state index in [0.29, 0.717) is 18.4 Å². The predicted molar refractivity (Wildman–Crippen MR) is 85.0 cm³/mol. The first-order chi connectivity index (χ1) is 10.7. The van der Waals surface area contributed by atoms with Crippen molar-refractivity contribution in [1.82, 2.24) is 9.78 Å². The van der Waals surface area contributed by atoms with Gasteiger partial charge in [-0.3, -0.25) is 4.79 Å². The lowest BCUT2D eigenvalue weighted by molar-refractivity contribution is -0.115. The lowest BCUT2D eigenvalue weighted by Crippen LogP contribution is -2.19. The van der Waals surface area contributed by atoms with Crippen LogP contribution in [-0.2, 0) is 11.2 Å². The summed E-state index contributed by atoms with van der Waals surface area (Å²) in [6, 6.07) is 9.73. The Bertz CT molecular complexity index is 644. The van der Waals surface area contributed by atoms with E-state index in [4.69, 9.17) is 4.74 Å². The third kappa shape index (κ3) is 3.30. The first-order valence-electron chi connectivity index (χ1n) is 7.63. The number of hydrogen-bond acceptors (Lipinski definition) is 3. The van der Waals surface area contributed by atoms with Crippen LogP contribution in [0.5, 0.6) is 5.75 Å². The van der Waals surface area contributed by atoms with Crippen LogP contribution in [0.4, 0.5) is 5.82 Å². The molecule has 1 heterocycles. The Morgan fingerprint density at radius 2 is 2.09 bits per heavy atom. The number of amides is 1. The van der Waals surface area contributed by atoms with E-state index >= 15 is 0 Å². The van der Waals surface area contributed by atoms with Gasteiger partial charge in [0.1, 0.15) is 11.6 Å². The molecular formula is C17H21N3O2. The number of rotatable bonds is 6. The second kappa shape index (κ2) is 6.22. The van der Waals surface area contributed by atoms with Crippen LogP contribution in [0.25, 0.3) is 0 Å². The van der Waals surface area contributed by atoms with Gasteiger partial charge in [0.25, 0.3) is 0 Å². The Kier molecular flexibility index (Phi) is 4.13. The molecule has 5 heteroatoms. The summed E-state index contributed by atoms with van der Waals surface area (Å²) in [6.45, 7) is 2.16. The summed E-state index contributed by atoms with van der Waals surface area (Å²) in [5.41, 5.74) is 0.958. The Morgan fingerprint density at radius 1 is 1.36 bits per heavy atom. The monoisotopic (exact) mass is 299 g/mol. The standard InChI is InChI=1S/C17H21N3O2/c1-12(14-5-6-14)20-16(9-10-18-20)19-17(21)11-13-3-7-15(22-2)8-4-13/h3-4,7-10,12,14H,5-6,11H2,1-2H3,(H,19,21). The van der Waals surface area contributed by atoms with Gasteiger partial charge < -0.3 is 10.1 Å². The van der Waals surface area contributed by atoms with Crippen molar-refractivity contribution in [2.75, 3.05) is 12.4 Å². The number of benzene rings is 1.